The molecule has 1 heterocycles. The second-order valence-electron chi connectivity index (χ2n) is 11.3. The average molecular weight is 530 g/mol. The van der Waals surface area contributed by atoms with Crippen LogP contribution in [0.15, 0.2) is 71.3 Å². The van der Waals surface area contributed by atoms with Crippen LogP contribution in [0, 0.1) is 0 Å². The summed E-state index contributed by atoms with van der Waals surface area (Å²) in [6, 6.07) is 18.1. The number of fused-ring (bicyclic) bond motifs is 1. The van der Waals surface area contributed by atoms with Gasteiger partial charge in [0.15, 0.2) is 0 Å². The third-order valence-corrected chi connectivity index (χ3v) is 6.47. The summed E-state index contributed by atoms with van der Waals surface area (Å²) in [5, 5.41) is 7.35. The van der Waals surface area contributed by atoms with Gasteiger partial charge in [0, 0.05) is 30.5 Å². The molecule has 0 spiro atoms. The van der Waals surface area contributed by atoms with E-state index in [0.717, 1.165) is 41.7 Å². The van der Waals surface area contributed by atoms with Crippen molar-refractivity contribution in [1.82, 2.24) is 15.4 Å². The van der Waals surface area contributed by atoms with E-state index in [0.29, 0.717) is 17.9 Å². The first-order valence-electron chi connectivity index (χ1n) is 13.7. The van der Waals surface area contributed by atoms with Gasteiger partial charge in [-0.25, -0.2) is 0 Å². The monoisotopic (exact) mass is 529 g/mol. The molecule has 7 heteroatoms. The molecule has 3 aromatic rings. The summed E-state index contributed by atoms with van der Waals surface area (Å²) >= 11 is 0. The molecule has 2 amide bonds. The van der Waals surface area contributed by atoms with Crippen LogP contribution < -0.4 is 10.1 Å². The number of carbonyl (C=O) groups excluding carboxylic acids is 2. The third-order valence-electron chi connectivity index (χ3n) is 6.47. The van der Waals surface area contributed by atoms with Gasteiger partial charge in [-0.05, 0) is 75.9 Å². The number of ether oxygens (including phenoxy) is 1. The van der Waals surface area contributed by atoms with Gasteiger partial charge in [-0.1, -0.05) is 54.6 Å². The number of benzene rings is 2. The number of nitrogens with one attached hydrogen (secondary N) is 1. The van der Waals surface area contributed by atoms with Gasteiger partial charge in [-0.2, -0.15) is 0 Å². The number of aromatic nitrogens is 1. The van der Waals surface area contributed by atoms with Gasteiger partial charge >= 0.3 is 0 Å². The van der Waals surface area contributed by atoms with Gasteiger partial charge < -0.3 is 19.5 Å². The van der Waals surface area contributed by atoms with Crippen molar-refractivity contribution < 1.29 is 18.8 Å². The first-order chi connectivity index (χ1) is 18.6. The minimum Gasteiger partial charge on any atom is -0.472 e. The molecule has 0 unspecified atom stereocenters. The third kappa shape index (κ3) is 7.37. The molecule has 0 saturated carbocycles. The van der Waals surface area contributed by atoms with Crippen LogP contribution in [0.1, 0.15) is 81.1 Å². The molecule has 1 N–H and O–H groups in total. The van der Waals surface area contributed by atoms with E-state index in [1.165, 1.54) is 0 Å². The molecule has 0 bridgehead atoms. The van der Waals surface area contributed by atoms with Crippen molar-refractivity contribution in [2.24, 2.45) is 0 Å². The number of amides is 2. The molecule has 206 valence electrons. The Morgan fingerprint density at radius 2 is 1.72 bits per heavy atom. The van der Waals surface area contributed by atoms with Crippen molar-refractivity contribution in [3.8, 4) is 5.88 Å². The van der Waals surface area contributed by atoms with E-state index < -0.39 is 11.6 Å². The fraction of sp³-hybridized carbons (Fsp3) is 0.406. The Bertz CT molecular complexity index is 1290. The predicted octanol–water partition coefficient (Wildman–Crippen LogP) is 6.20. The Morgan fingerprint density at radius 1 is 1.05 bits per heavy atom. The first-order valence-corrected chi connectivity index (χ1v) is 13.7. The minimum absolute atomic E-state index is 0.0853. The van der Waals surface area contributed by atoms with Crippen molar-refractivity contribution >= 4 is 17.4 Å². The van der Waals surface area contributed by atoms with Crippen molar-refractivity contribution in [3.63, 3.8) is 0 Å². The smallest absolute Gasteiger partial charge is 0.262 e. The summed E-state index contributed by atoms with van der Waals surface area (Å²) in [6.45, 7) is 10.0. The Kier molecular flexibility index (Phi) is 8.90. The second kappa shape index (κ2) is 12.3. The van der Waals surface area contributed by atoms with Crippen LogP contribution in [0.3, 0.4) is 0 Å². The molecule has 7 nitrogen and oxygen atoms in total. The summed E-state index contributed by atoms with van der Waals surface area (Å²) < 4.78 is 11.7. The summed E-state index contributed by atoms with van der Waals surface area (Å²) in [6.07, 6.45) is 4.83. The lowest BCUT2D eigenvalue weighted by Crippen LogP contribution is -2.53. The van der Waals surface area contributed by atoms with Crippen LogP contribution >= 0.6 is 0 Å². The number of aryl methyl sites for hydroxylation is 1. The summed E-state index contributed by atoms with van der Waals surface area (Å²) in [5.74, 6) is 0.782. The number of allylic oxidation sites excluding steroid dienone is 1. The Balaban J connectivity index is 1.79. The number of hydrogen-bond acceptors (Lipinski definition) is 5. The summed E-state index contributed by atoms with van der Waals surface area (Å²) in [5.41, 5.74) is 2.72. The van der Waals surface area contributed by atoms with E-state index in [-0.39, 0.29) is 24.5 Å². The maximum absolute atomic E-state index is 14.0. The average Bonchev–Trinajstić information content (AvgIpc) is 3.16. The van der Waals surface area contributed by atoms with Crippen LogP contribution in [0.4, 0.5) is 0 Å². The summed E-state index contributed by atoms with van der Waals surface area (Å²) in [4.78, 5) is 29.7. The molecule has 0 aliphatic heterocycles. The van der Waals surface area contributed by atoms with Crippen molar-refractivity contribution in [3.05, 3.63) is 89.2 Å². The zero-order valence-electron chi connectivity index (χ0n) is 23.6. The number of hydrogen-bond donors (Lipinski definition) is 1. The number of rotatable bonds is 9. The standard InChI is InChI=1S/C32H39N3O4/c1-22(2)38-30-28-25(18-12-13-19-27(28)39-34-30)20-26(29(36)33-32(3,4)5)35(21-23-14-8-6-9-15-23)31(37)24-16-10-7-11-17-24/h6-11,14-18,22,26H,12-13,19-21H2,1-5H3,(H,33,36)/t26-/m0/s1. The van der Waals surface area contributed by atoms with Crippen LogP contribution in [-0.2, 0) is 17.8 Å². The van der Waals surface area contributed by atoms with E-state index in [1.807, 2.05) is 83.1 Å². The summed E-state index contributed by atoms with van der Waals surface area (Å²) in [7, 11) is 0. The molecule has 1 aliphatic carbocycles. The van der Waals surface area contributed by atoms with Gasteiger partial charge in [-0.3, -0.25) is 9.59 Å². The van der Waals surface area contributed by atoms with Gasteiger partial charge in [0.25, 0.3) is 11.8 Å². The van der Waals surface area contributed by atoms with Crippen molar-refractivity contribution in [1.29, 1.82) is 0 Å². The van der Waals surface area contributed by atoms with Crippen LogP contribution in [-0.4, -0.2) is 39.6 Å². The Hall–Kier alpha value is -3.87. The van der Waals surface area contributed by atoms with Gasteiger partial charge in [0.1, 0.15) is 11.8 Å². The highest BCUT2D eigenvalue weighted by molar-refractivity contribution is 5.98. The quantitative estimate of drug-likeness (QED) is 0.357. The highest BCUT2D eigenvalue weighted by Gasteiger charge is 2.35. The van der Waals surface area contributed by atoms with Gasteiger partial charge in [0.2, 0.25) is 5.91 Å². The fourth-order valence-corrected chi connectivity index (χ4v) is 4.78. The molecule has 0 saturated heterocycles. The topological polar surface area (TPSA) is 84.7 Å². The zero-order valence-corrected chi connectivity index (χ0v) is 23.6. The molecule has 39 heavy (non-hydrogen) atoms. The zero-order chi connectivity index (χ0) is 28.0. The van der Waals surface area contributed by atoms with Gasteiger partial charge in [-0.15, -0.1) is 0 Å². The second-order valence-corrected chi connectivity index (χ2v) is 11.3. The fourth-order valence-electron chi connectivity index (χ4n) is 4.78. The molecule has 2 aromatic carbocycles. The van der Waals surface area contributed by atoms with E-state index in [2.05, 4.69) is 16.5 Å². The Morgan fingerprint density at radius 3 is 2.36 bits per heavy atom. The van der Waals surface area contributed by atoms with E-state index >= 15 is 0 Å². The van der Waals surface area contributed by atoms with E-state index in [4.69, 9.17) is 9.26 Å². The van der Waals surface area contributed by atoms with Crippen LogP contribution in [0.5, 0.6) is 5.88 Å². The highest BCUT2D eigenvalue weighted by Crippen LogP contribution is 2.37. The molecular weight excluding hydrogens is 490 g/mol. The molecule has 1 aromatic heterocycles. The maximum Gasteiger partial charge on any atom is 0.262 e. The largest absolute Gasteiger partial charge is 0.472 e. The molecule has 1 aliphatic rings. The molecule has 4 rings (SSSR count). The van der Waals surface area contributed by atoms with Gasteiger partial charge in [0.05, 0.1) is 11.7 Å². The van der Waals surface area contributed by atoms with E-state index in [9.17, 15) is 9.59 Å². The van der Waals surface area contributed by atoms with Crippen LogP contribution in [0.25, 0.3) is 5.57 Å². The lowest BCUT2D eigenvalue weighted by atomic mass is 9.95. The predicted molar refractivity (Wildman–Crippen MR) is 152 cm³/mol. The maximum atomic E-state index is 14.0. The normalized spacial score (nSPS) is 14.2. The van der Waals surface area contributed by atoms with E-state index in [1.54, 1.807) is 17.0 Å². The lowest BCUT2D eigenvalue weighted by Gasteiger charge is -2.34. The number of carbonyl (C=O) groups is 2. The first kappa shape index (κ1) is 28.1. The number of nitrogens with zero attached hydrogens (tertiary/aromatic N) is 2. The van der Waals surface area contributed by atoms with Crippen molar-refractivity contribution in [2.75, 3.05) is 0 Å². The van der Waals surface area contributed by atoms with Crippen molar-refractivity contribution in [2.45, 2.75) is 84.5 Å². The molecular formula is C32H39N3O4. The SMILES string of the molecule is CC(C)Oc1noc2c1C(C[C@@H](C(=O)NC(C)(C)C)N(Cc1ccccc1)C(=O)c1ccccc1)=CCCC2. The lowest BCUT2D eigenvalue weighted by molar-refractivity contribution is -0.127. The molecule has 0 fully saturated rings. The molecule has 1 atom stereocenters. The highest BCUT2D eigenvalue weighted by atomic mass is 16.5. The van der Waals surface area contributed by atoms with Crippen LogP contribution in [0.2, 0.25) is 0 Å². The minimum atomic E-state index is -0.781. The Labute approximate surface area is 231 Å². The molecule has 0 radical (unpaired) electrons.